The number of phenolic OH excluding ortho intramolecular Hbond substituents is 1. The van der Waals surface area contributed by atoms with Crippen LogP contribution < -0.4 is 5.32 Å². The molecule has 118 valence electrons. The van der Waals surface area contributed by atoms with Gasteiger partial charge in [-0.15, -0.1) is 0 Å². The Balaban J connectivity index is 2.08. The summed E-state index contributed by atoms with van der Waals surface area (Å²) in [6, 6.07) is 11.1. The highest BCUT2D eigenvalue weighted by molar-refractivity contribution is 6.03. The second-order valence-electron chi connectivity index (χ2n) is 5.81. The molecule has 0 saturated carbocycles. The first-order valence-electron chi connectivity index (χ1n) is 8.16. The summed E-state index contributed by atoms with van der Waals surface area (Å²) in [6.07, 6.45) is 4.56. The Hall–Kier alpha value is -2.03. The van der Waals surface area contributed by atoms with Gasteiger partial charge >= 0.3 is 0 Å². The number of rotatable bonds is 7. The number of carbonyl (C=O) groups is 1. The molecule has 3 heteroatoms. The molecule has 0 spiro atoms. The van der Waals surface area contributed by atoms with Gasteiger partial charge < -0.3 is 10.4 Å². The van der Waals surface area contributed by atoms with Crippen LogP contribution in [0.25, 0.3) is 10.8 Å². The van der Waals surface area contributed by atoms with E-state index < -0.39 is 0 Å². The summed E-state index contributed by atoms with van der Waals surface area (Å²) in [5.41, 5.74) is 0.351. The van der Waals surface area contributed by atoms with Crippen molar-refractivity contribution in [2.75, 3.05) is 6.54 Å². The molecule has 3 nitrogen and oxygen atoms in total. The van der Waals surface area contributed by atoms with Gasteiger partial charge in [0.1, 0.15) is 5.75 Å². The van der Waals surface area contributed by atoms with Crippen molar-refractivity contribution in [3.63, 3.8) is 0 Å². The maximum Gasteiger partial charge on any atom is 0.255 e. The van der Waals surface area contributed by atoms with Gasteiger partial charge in [0.2, 0.25) is 0 Å². The van der Waals surface area contributed by atoms with Crippen molar-refractivity contribution < 1.29 is 9.90 Å². The molecule has 0 bridgehead atoms. The molecule has 0 aliphatic rings. The molecule has 2 N–H and O–H groups in total. The number of unbranched alkanes of at least 4 members (excludes halogenated alkanes) is 1. The third-order valence-corrected chi connectivity index (χ3v) is 4.24. The van der Waals surface area contributed by atoms with E-state index in [2.05, 4.69) is 19.2 Å². The van der Waals surface area contributed by atoms with Gasteiger partial charge in [-0.1, -0.05) is 63.4 Å². The Labute approximate surface area is 132 Å². The summed E-state index contributed by atoms with van der Waals surface area (Å²) >= 11 is 0. The van der Waals surface area contributed by atoms with Crippen LogP contribution in [0.4, 0.5) is 0 Å². The van der Waals surface area contributed by atoms with E-state index in [1.807, 2.05) is 30.3 Å². The molecule has 0 aromatic heterocycles. The summed E-state index contributed by atoms with van der Waals surface area (Å²) < 4.78 is 0. The number of nitrogens with one attached hydrogen (secondary N) is 1. The van der Waals surface area contributed by atoms with Crippen LogP contribution in [0.3, 0.4) is 0 Å². The maximum absolute atomic E-state index is 12.3. The first kappa shape index (κ1) is 16.3. The lowest BCUT2D eigenvalue weighted by atomic mass is 9.99. The van der Waals surface area contributed by atoms with Crippen LogP contribution in [0.2, 0.25) is 0 Å². The van der Waals surface area contributed by atoms with Crippen LogP contribution in [-0.4, -0.2) is 17.6 Å². The van der Waals surface area contributed by atoms with Crippen molar-refractivity contribution in [3.05, 3.63) is 42.0 Å². The van der Waals surface area contributed by atoms with Gasteiger partial charge in [-0.3, -0.25) is 4.79 Å². The van der Waals surface area contributed by atoms with E-state index in [0.29, 0.717) is 23.4 Å². The maximum atomic E-state index is 12.3. The van der Waals surface area contributed by atoms with E-state index in [0.717, 1.165) is 18.2 Å². The van der Waals surface area contributed by atoms with Crippen molar-refractivity contribution in [3.8, 4) is 5.75 Å². The molecule has 1 unspecified atom stereocenters. The SMILES string of the molecule is CCCCC(CC)CNC(=O)c1ccc2ccccc2c1O. The second kappa shape index (κ2) is 7.83. The summed E-state index contributed by atoms with van der Waals surface area (Å²) in [6.45, 7) is 5.00. The highest BCUT2D eigenvalue weighted by atomic mass is 16.3. The number of benzene rings is 2. The molecule has 0 saturated heterocycles. The van der Waals surface area contributed by atoms with E-state index in [-0.39, 0.29) is 11.7 Å². The Morgan fingerprint density at radius 2 is 1.95 bits per heavy atom. The fraction of sp³-hybridized carbons (Fsp3) is 0.421. The van der Waals surface area contributed by atoms with Crippen molar-refractivity contribution >= 4 is 16.7 Å². The quantitative estimate of drug-likeness (QED) is 0.791. The molecule has 1 atom stereocenters. The monoisotopic (exact) mass is 299 g/mol. The first-order chi connectivity index (χ1) is 10.7. The molecular weight excluding hydrogens is 274 g/mol. The number of amides is 1. The largest absolute Gasteiger partial charge is 0.506 e. The van der Waals surface area contributed by atoms with Crippen molar-refractivity contribution in [1.82, 2.24) is 5.32 Å². The number of phenols is 1. The molecule has 0 fully saturated rings. The summed E-state index contributed by atoms with van der Waals surface area (Å²) in [5.74, 6) is 0.377. The van der Waals surface area contributed by atoms with Gasteiger partial charge in [-0.25, -0.2) is 0 Å². The summed E-state index contributed by atoms with van der Waals surface area (Å²) in [7, 11) is 0. The Kier molecular flexibility index (Phi) is 5.82. The predicted octanol–water partition coefficient (Wildman–Crippen LogP) is 4.49. The lowest BCUT2D eigenvalue weighted by molar-refractivity contribution is 0.0943. The highest BCUT2D eigenvalue weighted by Gasteiger charge is 2.15. The van der Waals surface area contributed by atoms with Gasteiger partial charge in [0, 0.05) is 11.9 Å². The molecule has 0 radical (unpaired) electrons. The van der Waals surface area contributed by atoms with Crippen molar-refractivity contribution in [2.45, 2.75) is 39.5 Å². The van der Waals surface area contributed by atoms with Gasteiger partial charge in [0.25, 0.3) is 5.91 Å². The van der Waals surface area contributed by atoms with Gasteiger partial charge in [0.05, 0.1) is 5.56 Å². The molecule has 0 heterocycles. The number of hydrogen-bond donors (Lipinski definition) is 2. The van der Waals surface area contributed by atoms with E-state index in [9.17, 15) is 9.90 Å². The van der Waals surface area contributed by atoms with Crippen LogP contribution in [0, 0.1) is 5.92 Å². The van der Waals surface area contributed by atoms with E-state index in [1.165, 1.54) is 12.8 Å². The lowest BCUT2D eigenvalue weighted by Gasteiger charge is -2.16. The molecular formula is C19H25NO2. The van der Waals surface area contributed by atoms with Crippen molar-refractivity contribution in [1.29, 1.82) is 0 Å². The van der Waals surface area contributed by atoms with Crippen LogP contribution in [0.1, 0.15) is 49.9 Å². The molecule has 2 aromatic carbocycles. The Morgan fingerprint density at radius 1 is 1.18 bits per heavy atom. The topological polar surface area (TPSA) is 49.3 Å². The smallest absolute Gasteiger partial charge is 0.255 e. The zero-order chi connectivity index (χ0) is 15.9. The summed E-state index contributed by atoms with van der Waals surface area (Å²) in [4.78, 5) is 12.3. The zero-order valence-electron chi connectivity index (χ0n) is 13.4. The summed E-state index contributed by atoms with van der Waals surface area (Å²) in [5, 5.41) is 14.9. The third-order valence-electron chi connectivity index (χ3n) is 4.24. The normalized spacial score (nSPS) is 12.3. The van der Waals surface area contributed by atoms with E-state index in [4.69, 9.17) is 0 Å². The molecule has 2 aromatic rings. The number of fused-ring (bicyclic) bond motifs is 1. The third kappa shape index (κ3) is 3.79. The number of aromatic hydroxyl groups is 1. The molecule has 0 aliphatic heterocycles. The standard InChI is InChI=1S/C19H25NO2/c1-3-5-8-14(4-2)13-20-19(22)17-12-11-15-9-6-7-10-16(15)18(17)21/h6-7,9-12,14,21H,3-5,8,13H2,1-2H3,(H,20,22). The minimum Gasteiger partial charge on any atom is -0.506 e. The first-order valence-corrected chi connectivity index (χ1v) is 8.16. The van der Waals surface area contributed by atoms with Gasteiger partial charge in [-0.05, 0) is 23.8 Å². The average molecular weight is 299 g/mol. The Morgan fingerprint density at radius 3 is 2.68 bits per heavy atom. The molecule has 0 aliphatic carbocycles. The highest BCUT2D eigenvalue weighted by Crippen LogP contribution is 2.28. The lowest BCUT2D eigenvalue weighted by Crippen LogP contribution is -2.29. The Bertz CT molecular complexity index is 636. The fourth-order valence-electron chi connectivity index (χ4n) is 2.71. The van der Waals surface area contributed by atoms with Gasteiger partial charge in [-0.2, -0.15) is 0 Å². The van der Waals surface area contributed by atoms with Crippen LogP contribution in [-0.2, 0) is 0 Å². The van der Waals surface area contributed by atoms with Crippen LogP contribution >= 0.6 is 0 Å². The molecule has 22 heavy (non-hydrogen) atoms. The van der Waals surface area contributed by atoms with E-state index in [1.54, 1.807) is 6.07 Å². The predicted molar refractivity (Wildman–Crippen MR) is 91.3 cm³/mol. The minimum absolute atomic E-state index is 0.0669. The van der Waals surface area contributed by atoms with Crippen LogP contribution in [0.5, 0.6) is 5.75 Å². The average Bonchev–Trinajstić information content (AvgIpc) is 2.55. The molecule has 1 amide bonds. The number of carbonyl (C=O) groups excluding carboxylic acids is 1. The van der Waals surface area contributed by atoms with Gasteiger partial charge in [0.15, 0.2) is 0 Å². The number of hydrogen-bond acceptors (Lipinski definition) is 2. The fourth-order valence-corrected chi connectivity index (χ4v) is 2.71. The second-order valence-corrected chi connectivity index (χ2v) is 5.81. The van der Waals surface area contributed by atoms with Crippen LogP contribution in [0.15, 0.2) is 36.4 Å². The minimum atomic E-state index is -0.196. The van der Waals surface area contributed by atoms with Crippen molar-refractivity contribution in [2.24, 2.45) is 5.92 Å². The van der Waals surface area contributed by atoms with E-state index >= 15 is 0 Å². The molecule has 2 rings (SSSR count). The zero-order valence-corrected chi connectivity index (χ0v) is 13.4.